The Morgan fingerprint density at radius 3 is 2.77 bits per heavy atom. The van der Waals surface area contributed by atoms with Gasteiger partial charge in [-0.3, -0.25) is 9.78 Å². The third-order valence-electron chi connectivity index (χ3n) is 8.75. The number of carbonyl (C=O) groups is 1. The number of hydrogen-bond acceptors (Lipinski definition) is 7. The molecule has 44 heavy (non-hydrogen) atoms. The van der Waals surface area contributed by atoms with E-state index in [0.717, 1.165) is 5.56 Å². The first-order valence-electron chi connectivity index (χ1n) is 15.1. The lowest BCUT2D eigenvalue weighted by Gasteiger charge is -2.42. The number of carbonyl (C=O) groups excluding carboxylic acids is 1. The largest absolute Gasteiger partial charge is 0.384 e. The number of alkyl halides is 1. The Labute approximate surface area is 255 Å². The molecule has 0 saturated carbocycles. The molecule has 2 aromatic heterocycles. The van der Waals surface area contributed by atoms with Gasteiger partial charge in [-0.05, 0) is 62.4 Å². The second-order valence-electron chi connectivity index (χ2n) is 12.3. The summed E-state index contributed by atoms with van der Waals surface area (Å²) in [5.74, 6) is -0.240. The average Bonchev–Trinajstić information content (AvgIpc) is 2.98. The number of piperazine rings is 1. The van der Waals surface area contributed by atoms with Crippen LogP contribution in [0.3, 0.4) is 0 Å². The van der Waals surface area contributed by atoms with Gasteiger partial charge in [-0.2, -0.15) is 4.98 Å². The number of amides is 1. The van der Waals surface area contributed by atoms with Crippen molar-refractivity contribution in [1.29, 1.82) is 0 Å². The first-order chi connectivity index (χ1) is 21.0. The van der Waals surface area contributed by atoms with Crippen LogP contribution in [-0.2, 0) is 17.6 Å². The van der Waals surface area contributed by atoms with Gasteiger partial charge in [0.1, 0.15) is 17.5 Å². The smallest absolute Gasteiger partial charge is 0.355 e. The van der Waals surface area contributed by atoms with E-state index in [1.54, 1.807) is 23.2 Å². The molecule has 3 aliphatic heterocycles. The standard InChI is InChI=1S/C33H37F2N7O2/c1-6-25(43)40-15-16-41(20(4)18-40)30-22-17-33(5,35)29-26-23(34)10-7-11-24(26)36-13-8-9-21-12-14-37-27(19(2)3)28(21)42(31(22)38-29)32(44)39-30/h6-7,10-12,14,19-20,36H,1,8-9,13,15-18H2,2-5H3/t20-,33?/m0/s1. The van der Waals surface area contributed by atoms with Crippen LogP contribution < -0.4 is 15.9 Å². The molecule has 2 bridgehead atoms. The van der Waals surface area contributed by atoms with Crippen LogP contribution in [0, 0.1) is 5.82 Å². The maximum Gasteiger partial charge on any atom is 0.355 e. The zero-order chi connectivity index (χ0) is 31.3. The van der Waals surface area contributed by atoms with Gasteiger partial charge in [0.15, 0.2) is 5.67 Å². The average molecular weight is 602 g/mol. The molecule has 3 aliphatic rings. The summed E-state index contributed by atoms with van der Waals surface area (Å²) < 4.78 is 34.0. The van der Waals surface area contributed by atoms with Crippen LogP contribution in [0.4, 0.5) is 26.1 Å². The van der Waals surface area contributed by atoms with Gasteiger partial charge >= 0.3 is 5.69 Å². The highest BCUT2D eigenvalue weighted by Crippen LogP contribution is 2.43. The highest BCUT2D eigenvalue weighted by molar-refractivity contribution is 6.12. The summed E-state index contributed by atoms with van der Waals surface area (Å²) in [6, 6.07) is 6.30. The molecule has 0 aliphatic carbocycles. The van der Waals surface area contributed by atoms with Crippen LogP contribution in [0.5, 0.6) is 0 Å². The molecule has 1 amide bonds. The van der Waals surface area contributed by atoms with Gasteiger partial charge in [-0.1, -0.05) is 26.5 Å². The van der Waals surface area contributed by atoms with E-state index >= 15 is 8.78 Å². The maximum atomic E-state index is 17.0. The van der Waals surface area contributed by atoms with Crippen LogP contribution in [0.15, 0.2) is 52.9 Å². The predicted octanol–water partition coefficient (Wildman–Crippen LogP) is 4.88. The number of aliphatic imine (C=N–C) groups is 1. The quantitative estimate of drug-likeness (QED) is 0.431. The van der Waals surface area contributed by atoms with Crippen molar-refractivity contribution in [1.82, 2.24) is 19.4 Å². The van der Waals surface area contributed by atoms with Gasteiger partial charge in [0, 0.05) is 56.1 Å². The summed E-state index contributed by atoms with van der Waals surface area (Å²) >= 11 is 0. The Bertz CT molecular complexity index is 1750. The van der Waals surface area contributed by atoms with E-state index in [9.17, 15) is 9.59 Å². The van der Waals surface area contributed by atoms with Crippen molar-refractivity contribution in [3.8, 4) is 5.69 Å². The lowest BCUT2D eigenvalue weighted by Crippen LogP contribution is -2.54. The predicted molar refractivity (Wildman–Crippen MR) is 168 cm³/mol. The SMILES string of the molecule is C=CC(=O)N1CCN(c2nc(=O)n3c4c2CC(C)(F)C(=N4)c2c(F)cccc2NCCCc2ccnc(C(C)C)c2-3)[C@@H](C)C1. The molecular formula is C33H37F2N7O2. The van der Waals surface area contributed by atoms with Crippen LogP contribution in [0.2, 0.25) is 0 Å². The van der Waals surface area contributed by atoms with Gasteiger partial charge < -0.3 is 15.1 Å². The summed E-state index contributed by atoms with van der Waals surface area (Å²) in [6.45, 7) is 12.6. The van der Waals surface area contributed by atoms with Gasteiger partial charge in [0.25, 0.3) is 0 Å². The molecular weight excluding hydrogens is 564 g/mol. The fraction of sp³-hybridized carbons (Fsp3) is 0.424. The molecule has 9 nitrogen and oxygen atoms in total. The van der Waals surface area contributed by atoms with Crippen LogP contribution in [-0.4, -0.2) is 68.9 Å². The van der Waals surface area contributed by atoms with E-state index in [0.29, 0.717) is 67.5 Å². The minimum atomic E-state index is -2.09. The number of anilines is 2. The molecule has 1 unspecified atom stereocenters. The lowest BCUT2D eigenvalue weighted by atomic mass is 9.85. The second-order valence-corrected chi connectivity index (χ2v) is 12.3. The molecule has 1 fully saturated rings. The monoisotopic (exact) mass is 601 g/mol. The third-order valence-corrected chi connectivity index (χ3v) is 8.75. The molecule has 230 valence electrons. The highest BCUT2D eigenvalue weighted by Gasteiger charge is 2.43. The summed E-state index contributed by atoms with van der Waals surface area (Å²) in [6.07, 6.45) is 4.15. The van der Waals surface area contributed by atoms with Crippen molar-refractivity contribution < 1.29 is 13.6 Å². The Balaban J connectivity index is 1.67. The number of halogens is 2. The first kappa shape index (κ1) is 29.7. The molecule has 2 atom stereocenters. The van der Waals surface area contributed by atoms with Crippen molar-refractivity contribution >= 4 is 28.9 Å². The van der Waals surface area contributed by atoms with E-state index < -0.39 is 17.2 Å². The van der Waals surface area contributed by atoms with Gasteiger partial charge in [-0.25, -0.2) is 23.1 Å². The first-order valence-corrected chi connectivity index (χ1v) is 15.1. The summed E-state index contributed by atoms with van der Waals surface area (Å²) in [5, 5.41) is 3.30. The second kappa shape index (κ2) is 11.3. The number of pyridine rings is 1. The Kier molecular flexibility index (Phi) is 7.59. The van der Waals surface area contributed by atoms with Crippen molar-refractivity contribution in [3.63, 3.8) is 0 Å². The zero-order valence-electron chi connectivity index (χ0n) is 25.5. The van der Waals surface area contributed by atoms with E-state index in [-0.39, 0.29) is 41.4 Å². The Hall–Kier alpha value is -4.41. The third kappa shape index (κ3) is 4.97. The highest BCUT2D eigenvalue weighted by atomic mass is 19.1. The summed E-state index contributed by atoms with van der Waals surface area (Å²) in [7, 11) is 0. The van der Waals surface area contributed by atoms with E-state index in [2.05, 4.69) is 21.9 Å². The number of aryl methyl sites for hydroxylation is 1. The van der Waals surface area contributed by atoms with E-state index in [1.165, 1.54) is 23.6 Å². The minimum Gasteiger partial charge on any atom is -0.384 e. The van der Waals surface area contributed by atoms with Crippen molar-refractivity contribution in [2.45, 2.75) is 64.6 Å². The fourth-order valence-electron chi connectivity index (χ4n) is 6.61. The van der Waals surface area contributed by atoms with Crippen molar-refractivity contribution in [2.24, 2.45) is 4.99 Å². The van der Waals surface area contributed by atoms with Gasteiger partial charge in [-0.15, -0.1) is 0 Å². The van der Waals surface area contributed by atoms with E-state index in [4.69, 9.17) is 4.99 Å². The molecule has 1 N–H and O–H groups in total. The molecule has 3 aromatic rings. The van der Waals surface area contributed by atoms with E-state index in [1.807, 2.05) is 31.7 Å². The number of aromatic nitrogens is 3. The normalized spacial score (nSPS) is 21.3. The van der Waals surface area contributed by atoms with Crippen molar-refractivity contribution in [2.75, 3.05) is 36.4 Å². The number of benzene rings is 1. The topological polar surface area (TPSA) is 95.7 Å². The number of nitrogens with zero attached hydrogens (tertiary/aromatic N) is 6. The van der Waals surface area contributed by atoms with Crippen LogP contribution in [0.25, 0.3) is 5.69 Å². The molecule has 5 heterocycles. The molecule has 1 aromatic carbocycles. The number of nitrogens with one attached hydrogen (secondary N) is 1. The molecule has 11 heteroatoms. The van der Waals surface area contributed by atoms with Crippen molar-refractivity contribution in [3.05, 3.63) is 81.8 Å². The van der Waals surface area contributed by atoms with Crippen LogP contribution in [0.1, 0.15) is 62.4 Å². The number of rotatable bonds is 3. The molecule has 1 saturated heterocycles. The molecule has 0 spiro atoms. The van der Waals surface area contributed by atoms with Gasteiger partial charge in [0.2, 0.25) is 5.91 Å². The lowest BCUT2D eigenvalue weighted by molar-refractivity contribution is -0.126. The maximum absolute atomic E-state index is 17.0. The Morgan fingerprint density at radius 2 is 2.05 bits per heavy atom. The zero-order valence-corrected chi connectivity index (χ0v) is 25.5. The molecule has 0 radical (unpaired) electrons. The number of fused-ring (bicyclic) bond motifs is 4. The molecule has 6 rings (SSSR count). The number of hydrogen-bond donors (Lipinski definition) is 1. The van der Waals surface area contributed by atoms with Gasteiger partial charge in [0.05, 0.1) is 22.7 Å². The van der Waals surface area contributed by atoms with Crippen LogP contribution >= 0.6 is 0 Å². The summed E-state index contributed by atoms with van der Waals surface area (Å²) in [4.78, 5) is 44.3. The fourth-order valence-corrected chi connectivity index (χ4v) is 6.61. The minimum absolute atomic E-state index is 0.0367. The summed E-state index contributed by atoms with van der Waals surface area (Å²) in [5.41, 5.74) is 0.433. The Morgan fingerprint density at radius 1 is 1.25 bits per heavy atom.